The van der Waals surface area contributed by atoms with Gasteiger partial charge in [-0.15, -0.1) is 0 Å². The molecule has 2 heterocycles. The third-order valence-electron chi connectivity index (χ3n) is 3.60. The third-order valence-corrected chi connectivity index (χ3v) is 3.86. The van der Waals surface area contributed by atoms with Crippen LogP contribution in [-0.2, 0) is 9.53 Å². The number of aromatic nitrogens is 2. The van der Waals surface area contributed by atoms with Gasteiger partial charge >= 0.3 is 0 Å². The van der Waals surface area contributed by atoms with E-state index in [9.17, 15) is 4.79 Å². The summed E-state index contributed by atoms with van der Waals surface area (Å²) >= 11 is 5.90. The molecule has 1 aromatic heterocycles. The fourth-order valence-electron chi connectivity index (χ4n) is 2.37. The first-order chi connectivity index (χ1) is 10.6. The number of hydrogen-bond donors (Lipinski definition) is 2. The number of ether oxygens (including phenoxy) is 1. The smallest absolute Gasteiger partial charge is 0.255 e. The molecule has 3 rings (SSSR count). The highest BCUT2D eigenvalue weighted by Gasteiger charge is 2.25. The molecule has 1 aliphatic heterocycles. The van der Waals surface area contributed by atoms with Crippen molar-refractivity contribution in [1.82, 2.24) is 15.1 Å². The molecule has 6 nitrogen and oxygen atoms in total. The number of benzene rings is 1. The molecule has 1 atom stereocenters. The molecule has 1 aromatic carbocycles. The van der Waals surface area contributed by atoms with Crippen LogP contribution in [-0.4, -0.2) is 53.9 Å². The summed E-state index contributed by atoms with van der Waals surface area (Å²) in [5.74, 6) is 0.384. The van der Waals surface area contributed by atoms with Gasteiger partial charge in [0.05, 0.1) is 12.8 Å². The van der Waals surface area contributed by atoms with Crippen molar-refractivity contribution in [2.45, 2.75) is 6.10 Å². The minimum absolute atomic E-state index is 0.175. The Kier molecular flexibility index (Phi) is 4.42. The molecule has 22 heavy (non-hydrogen) atoms. The summed E-state index contributed by atoms with van der Waals surface area (Å²) in [5, 5.41) is 10.3. The van der Waals surface area contributed by atoms with Crippen molar-refractivity contribution in [1.29, 1.82) is 0 Å². The van der Waals surface area contributed by atoms with Crippen LogP contribution in [0.1, 0.15) is 0 Å². The Morgan fingerprint density at radius 3 is 2.95 bits per heavy atom. The molecule has 2 aromatic rings. The zero-order valence-electron chi connectivity index (χ0n) is 12.2. The first-order valence-corrected chi connectivity index (χ1v) is 7.41. The van der Waals surface area contributed by atoms with Gasteiger partial charge in [0.1, 0.15) is 11.9 Å². The number of carbonyl (C=O) groups excluding carboxylic acids is 1. The maximum Gasteiger partial charge on any atom is 0.255 e. The van der Waals surface area contributed by atoms with Crippen molar-refractivity contribution >= 4 is 23.3 Å². The van der Waals surface area contributed by atoms with E-state index in [1.165, 1.54) is 0 Å². The minimum atomic E-state index is -0.472. The van der Waals surface area contributed by atoms with E-state index in [-0.39, 0.29) is 5.91 Å². The largest absolute Gasteiger partial charge is 0.366 e. The van der Waals surface area contributed by atoms with Gasteiger partial charge in [-0.25, -0.2) is 0 Å². The van der Waals surface area contributed by atoms with Crippen molar-refractivity contribution in [2.24, 2.45) is 0 Å². The van der Waals surface area contributed by atoms with E-state index in [1.807, 2.05) is 19.2 Å². The maximum absolute atomic E-state index is 12.3. The first-order valence-electron chi connectivity index (χ1n) is 7.04. The van der Waals surface area contributed by atoms with Crippen LogP contribution in [0.15, 0.2) is 30.5 Å². The number of nitrogens with one attached hydrogen (secondary N) is 2. The Bertz CT molecular complexity index is 656. The van der Waals surface area contributed by atoms with Crippen LogP contribution in [0.4, 0.5) is 5.82 Å². The summed E-state index contributed by atoms with van der Waals surface area (Å²) < 4.78 is 5.51. The predicted molar refractivity (Wildman–Crippen MR) is 84.9 cm³/mol. The van der Waals surface area contributed by atoms with E-state index in [2.05, 4.69) is 20.4 Å². The van der Waals surface area contributed by atoms with Crippen LogP contribution in [0.3, 0.4) is 0 Å². The maximum atomic E-state index is 12.3. The van der Waals surface area contributed by atoms with Crippen LogP contribution in [0.2, 0.25) is 5.02 Å². The van der Waals surface area contributed by atoms with Gasteiger partial charge in [0.15, 0.2) is 0 Å². The van der Waals surface area contributed by atoms with Crippen LogP contribution >= 0.6 is 11.6 Å². The Labute approximate surface area is 133 Å². The highest BCUT2D eigenvalue weighted by Crippen LogP contribution is 2.27. The number of likely N-dealkylation sites (N-methyl/N-ethyl adjacent to an activating group) is 1. The number of carbonyl (C=O) groups is 1. The number of aromatic amines is 1. The second-order valence-corrected chi connectivity index (χ2v) is 5.71. The number of rotatable bonds is 3. The summed E-state index contributed by atoms with van der Waals surface area (Å²) in [7, 11) is 1.97. The zero-order chi connectivity index (χ0) is 15.5. The summed E-state index contributed by atoms with van der Waals surface area (Å²) in [4.78, 5) is 14.4. The molecule has 1 unspecified atom stereocenters. The average molecular weight is 321 g/mol. The zero-order valence-corrected chi connectivity index (χ0v) is 12.9. The average Bonchev–Trinajstić information content (AvgIpc) is 2.96. The number of H-pyrrole nitrogens is 1. The van der Waals surface area contributed by atoms with Crippen molar-refractivity contribution in [3.8, 4) is 11.1 Å². The summed E-state index contributed by atoms with van der Waals surface area (Å²) in [6.07, 6.45) is 1.20. The SMILES string of the molecule is CN1CCOC(C(=O)Nc2[nH]ncc2-c2ccc(Cl)cc2)C1. The Morgan fingerprint density at radius 1 is 1.45 bits per heavy atom. The van der Waals surface area contributed by atoms with Gasteiger partial charge in [0, 0.05) is 23.7 Å². The molecular weight excluding hydrogens is 304 g/mol. The molecule has 0 radical (unpaired) electrons. The van der Waals surface area contributed by atoms with Crippen molar-refractivity contribution in [2.75, 3.05) is 32.1 Å². The number of anilines is 1. The molecule has 0 saturated carbocycles. The van der Waals surface area contributed by atoms with E-state index in [0.29, 0.717) is 24.0 Å². The molecule has 116 valence electrons. The first kappa shape index (κ1) is 15.0. The summed E-state index contributed by atoms with van der Waals surface area (Å²) in [5.41, 5.74) is 1.74. The highest BCUT2D eigenvalue weighted by atomic mass is 35.5. The Balaban J connectivity index is 1.74. The van der Waals surface area contributed by atoms with Crippen molar-refractivity contribution in [3.05, 3.63) is 35.5 Å². The van der Waals surface area contributed by atoms with Crippen molar-refractivity contribution in [3.63, 3.8) is 0 Å². The lowest BCUT2D eigenvalue weighted by atomic mass is 10.1. The van der Waals surface area contributed by atoms with Gasteiger partial charge < -0.3 is 15.0 Å². The lowest BCUT2D eigenvalue weighted by Gasteiger charge is -2.28. The van der Waals surface area contributed by atoms with Crippen LogP contribution in [0, 0.1) is 0 Å². The molecule has 0 aliphatic carbocycles. The summed E-state index contributed by atoms with van der Waals surface area (Å²) in [6, 6.07) is 7.37. The van der Waals surface area contributed by atoms with Crippen LogP contribution in [0.25, 0.3) is 11.1 Å². The van der Waals surface area contributed by atoms with E-state index < -0.39 is 6.10 Å². The molecule has 0 bridgehead atoms. The molecule has 7 heteroatoms. The molecule has 1 amide bonds. The van der Waals surface area contributed by atoms with E-state index in [1.54, 1.807) is 18.3 Å². The Morgan fingerprint density at radius 2 is 2.23 bits per heavy atom. The van der Waals surface area contributed by atoms with Gasteiger partial charge in [0.25, 0.3) is 5.91 Å². The standard InChI is InChI=1S/C15H17ClN4O2/c1-20-6-7-22-13(9-20)15(21)18-14-12(8-17-19-14)10-2-4-11(16)5-3-10/h2-5,8,13H,6-7,9H2,1H3,(H2,17,18,19,21). The molecule has 2 N–H and O–H groups in total. The third kappa shape index (κ3) is 3.30. The predicted octanol–water partition coefficient (Wildman–Crippen LogP) is 2.00. The highest BCUT2D eigenvalue weighted by molar-refractivity contribution is 6.30. The second kappa shape index (κ2) is 6.48. The lowest BCUT2D eigenvalue weighted by Crippen LogP contribution is -2.46. The van der Waals surface area contributed by atoms with Gasteiger partial charge in [0.2, 0.25) is 0 Å². The number of amides is 1. The van der Waals surface area contributed by atoms with Crippen LogP contribution < -0.4 is 5.32 Å². The summed E-state index contributed by atoms with van der Waals surface area (Å²) in [6.45, 7) is 1.97. The fraction of sp³-hybridized carbons (Fsp3) is 0.333. The van der Waals surface area contributed by atoms with Gasteiger partial charge in [-0.05, 0) is 24.7 Å². The molecule has 1 saturated heterocycles. The van der Waals surface area contributed by atoms with E-state index in [0.717, 1.165) is 17.7 Å². The quantitative estimate of drug-likeness (QED) is 0.907. The topological polar surface area (TPSA) is 70.2 Å². The normalized spacial score (nSPS) is 19.1. The molecule has 1 aliphatic rings. The van der Waals surface area contributed by atoms with Gasteiger partial charge in [-0.1, -0.05) is 23.7 Å². The second-order valence-electron chi connectivity index (χ2n) is 5.28. The van der Waals surface area contributed by atoms with Crippen LogP contribution in [0.5, 0.6) is 0 Å². The monoisotopic (exact) mass is 320 g/mol. The van der Waals surface area contributed by atoms with E-state index in [4.69, 9.17) is 16.3 Å². The molecular formula is C15H17ClN4O2. The van der Waals surface area contributed by atoms with Crippen molar-refractivity contribution < 1.29 is 9.53 Å². The van der Waals surface area contributed by atoms with E-state index >= 15 is 0 Å². The van der Waals surface area contributed by atoms with Gasteiger partial charge in [-0.2, -0.15) is 5.10 Å². The number of halogens is 1. The molecule has 1 fully saturated rings. The molecule has 0 spiro atoms. The number of morpholine rings is 1. The Hall–Kier alpha value is -1.89. The minimum Gasteiger partial charge on any atom is -0.366 e. The lowest BCUT2D eigenvalue weighted by molar-refractivity contribution is -0.132. The number of hydrogen-bond acceptors (Lipinski definition) is 4. The number of nitrogens with zero attached hydrogens (tertiary/aromatic N) is 2. The fourth-order valence-corrected chi connectivity index (χ4v) is 2.50. The van der Waals surface area contributed by atoms with Gasteiger partial charge in [-0.3, -0.25) is 9.89 Å².